The highest BCUT2D eigenvalue weighted by atomic mass is 35.5. The predicted molar refractivity (Wildman–Crippen MR) is 118 cm³/mol. The van der Waals surface area contributed by atoms with E-state index in [-0.39, 0.29) is 22.5 Å². The molecule has 5 nitrogen and oxygen atoms in total. The van der Waals surface area contributed by atoms with Crippen molar-refractivity contribution in [2.24, 2.45) is 0 Å². The number of hydrogen-bond donors (Lipinski definition) is 2. The molecular formula is C23H14ClF6N3O2. The van der Waals surface area contributed by atoms with Gasteiger partial charge in [0.2, 0.25) is 0 Å². The Morgan fingerprint density at radius 2 is 1.49 bits per heavy atom. The van der Waals surface area contributed by atoms with Gasteiger partial charge in [-0.25, -0.2) is 9.64 Å². The normalized spacial score (nSPS) is 11.5. The van der Waals surface area contributed by atoms with Crippen LogP contribution in [0.15, 0.2) is 54.6 Å². The Bertz CT molecular complexity index is 1280. The molecular weight excluding hydrogens is 500 g/mol. The number of benzene rings is 3. The van der Waals surface area contributed by atoms with Crippen molar-refractivity contribution in [2.45, 2.75) is 19.3 Å². The Morgan fingerprint density at radius 1 is 0.886 bits per heavy atom. The second kappa shape index (κ2) is 9.76. The number of amides is 2. The number of urea groups is 1. The Labute approximate surface area is 200 Å². The van der Waals surface area contributed by atoms with Crippen LogP contribution in [-0.4, -0.2) is 6.03 Å². The molecule has 0 heterocycles. The van der Waals surface area contributed by atoms with E-state index in [1.165, 1.54) is 24.3 Å². The molecule has 0 aliphatic heterocycles. The van der Waals surface area contributed by atoms with Gasteiger partial charge in [-0.15, -0.1) is 0 Å². The number of anilines is 2. The molecule has 12 heteroatoms. The second-order valence-corrected chi connectivity index (χ2v) is 7.59. The first-order chi connectivity index (χ1) is 16.3. The number of carbonyl (C=O) groups excluding carboxylic acids is 1. The summed E-state index contributed by atoms with van der Waals surface area (Å²) in [5.41, 5.74) is -2.65. The number of nitrogens with zero attached hydrogens (tertiary/aromatic N) is 1. The third-order valence-corrected chi connectivity index (χ3v) is 4.86. The number of aryl methyl sites for hydroxylation is 1. The molecule has 3 aromatic carbocycles. The molecule has 0 spiro atoms. The van der Waals surface area contributed by atoms with Gasteiger partial charge in [0.1, 0.15) is 11.5 Å². The number of halogens is 7. The highest BCUT2D eigenvalue weighted by Crippen LogP contribution is 2.38. The summed E-state index contributed by atoms with van der Waals surface area (Å²) in [7, 11) is 0. The van der Waals surface area contributed by atoms with Crippen molar-refractivity contribution in [3.63, 3.8) is 0 Å². The van der Waals surface area contributed by atoms with E-state index in [1.807, 2.05) is 5.32 Å². The number of hydrogen-bond acceptors (Lipinski definition) is 2. The van der Waals surface area contributed by atoms with Crippen molar-refractivity contribution in [3.05, 3.63) is 87.7 Å². The van der Waals surface area contributed by atoms with Gasteiger partial charge in [-0.2, -0.15) is 26.3 Å². The lowest BCUT2D eigenvalue weighted by Crippen LogP contribution is -2.20. The van der Waals surface area contributed by atoms with Gasteiger partial charge in [-0.1, -0.05) is 17.7 Å². The van der Waals surface area contributed by atoms with E-state index in [4.69, 9.17) is 22.9 Å². The molecule has 0 fully saturated rings. The number of rotatable bonds is 4. The molecule has 0 saturated carbocycles. The predicted octanol–water partition coefficient (Wildman–Crippen LogP) is 8.67. The van der Waals surface area contributed by atoms with E-state index >= 15 is 0 Å². The summed E-state index contributed by atoms with van der Waals surface area (Å²) in [5.74, 6) is 0.458. The van der Waals surface area contributed by atoms with Crippen LogP contribution >= 0.6 is 11.6 Å². The first-order valence-corrected chi connectivity index (χ1v) is 9.97. The molecule has 0 saturated heterocycles. The zero-order valence-electron chi connectivity index (χ0n) is 17.6. The molecule has 0 aliphatic carbocycles. The van der Waals surface area contributed by atoms with Gasteiger partial charge >= 0.3 is 18.4 Å². The Hall–Kier alpha value is -3.91. The molecule has 0 aromatic heterocycles. The van der Waals surface area contributed by atoms with Crippen LogP contribution in [0.1, 0.15) is 16.7 Å². The van der Waals surface area contributed by atoms with Gasteiger partial charge in [0.05, 0.1) is 22.7 Å². The first-order valence-electron chi connectivity index (χ1n) is 9.59. The molecule has 2 amide bonds. The van der Waals surface area contributed by atoms with Crippen LogP contribution in [0, 0.1) is 13.5 Å². The molecule has 0 aliphatic rings. The number of nitrogens with one attached hydrogen (secondary N) is 2. The minimum Gasteiger partial charge on any atom is -0.456 e. The van der Waals surface area contributed by atoms with E-state index in [9.17, 15) is 31.1 Å². The zero-order chi connectivity index (χ0) is 26.0. The second-order valence-electron chi connectivity index (χ2n) is 7.18. The third-order valence-electron chi connectivity index (χ3n) is 4.55. The van der Waals surface area contributed by atoms with Crippen LogP contribution in [0.4, 0.5) is 48.2 Å². The average molecular weight is 514 g/mol. The summed E-state index contributed by atoms with van der Waals surface area (Å²) in [6.45, 7) is 8.78. The van der Waals surface area contributed by atoms with E-state index in [2.05, 4.69) is 10.2 Å². The average Bonchev–Trinajstić information content (AvgIpc) is 2.75. The SMILES string of the molecule is [C-]#[N+]c1ccc(Oc2cc(NC(=O)Nc3cc(C(F)(F)F)cc(C(F)(F)F)c3)ccc2Cl)cc1C. The smallest absolute Gasteiger partial charge is 0.416 e. The number of carbonyl (C=O) groups is 1. The minimum atomic E-state index is -5.05. The molecule has 182 valence electrons. The van der Waals surface area contributed by atoms with Gasteiger partial charge in [0.15, 0.2) is 5.69 Å². The highest BCUT2D eigenvalue weighted by molar-refractivity contribution is 6.32. The monoisotopic (exact) mass is 513 g/mol. The first kappa shape index (κ1) is 25.7. The quantitative estimate of drug-likeness (QED) is 0.271. The summed E-state index contributed by atoms with van der Waals surface area (Å²) in [5, 5.41) is 4.43. The van der Waals surface area contributed by atoms with Gasteiger partial charge in [0, 0.05) is 17.4 Å². The Morgan fingerprint density at radius 3 is 2.03 bits per heavy atom. The Balaban J connectivity index is 1.80. The maximum Gasteiger partial charge on any atom is 0.416 e. The van der Waals surface area contributed by atoms with Gasteiger partial charge in [-0.05, 0) is 55.0 Å². The lowest BCUT2D eigenvalue weighted by atomic mass is 10.1. The highest BCUT2D eigenvalue weighted by Gasteiger charge is 2.37. The third kappa shape index (κ3) is 6.58. The number of ether oxygens (including phenoxy) is 1. The van der Waals surface area contributed by atoms with Gasteiger partial charge in [-0.3, -0.25) is 0 Å². The molecule has 3 rings (SSSR count). The summed E-state index contributed by atoms with van der Waals surface area (Å²) in [6, 6.07) is 8.37. The fraction of sp³-hybridized carbons (Fsp3) is 0.130. The molecule has 0 atom stereocenters. The number of alkyl halides is 6. The van der Waals surface area contributed by atoms with Crippen LogP contribution in [0.5, 0.6) is 11.5 Å². The van der Waals surface area contributed by atoms with E-state index in [0.717, 1.165) is 0 Å². The lowest BCUT2D eigenvalue weighted by Gasteiger charge is -2.15. The summed E-state index contributed by atoms with van der Waals surface area (Å²) >= 11 is 6.12. The summed E-state index contributed by atoms with van der Waals surface area (Å²) in [6.07, 6.45) is -10.1. The molecule has 0 unspecified atom stereocenters. The Kier molecular flexibility index (Phi) is 7.17. The maximum absolute atomic E-state index is 13.0. The summed E-state index contributed by atoms with van der Waals surface area (Å²) in [4.78, 5) is 15.6. The van der Waals surface area contributed by atoms with Crippen LogP contribution < -0.4 is 15.4 Å². The standard InChI is InChI=1S/C23H14ClF6N3O2/c1-12-7-17(4-6-19(12)31-2)35-20-11-15(3-5-18(20)24)32-21(34)33-16-9-13(22(25,26)27)8-14(10-16)23(28,29)30/h3-11H,1H3,(H2,32,33,34). The van der Waals surface area contributed by atoms with Crippen LogP contribution in [-0.2, 0) is 12.4 Å². The minimum absolute atomic E-state index is 0.0434. The molecule has 3 aromatic rings. The fourth-order valence-corrected chi connectivity index (χ4v) is 3.08. The molecule has 2 N–H and O–H groups in total. The maximum atomic E-state index is 13.0. The fourth-order valence-electron chi connectivity index (χ4n) is 2.92. The molecule has 35 heavy (non-hydrogen) atoms. The van der Waals surface area contributed by atoms with E-state index < -0.39 is 35.2 Å². The van der Waals surface area contributed by atoms with Crippen LogP contribution in [0.3, 0.4) is 0 Å². The summed E-state index contributed by atoms with van der Waals surface area (Å²) < 4.78 is 83.8. The molecule has 0 radical (unpaired) electrons. The topological polar surface area (TPSA) is 54.7 Å². The van der Waals surface area contributed by atoms with Crippen LogP contribution in [0.25, 0.3) is 4.85 Å². The zero-order valence-corrected chi connectivity index (χ0v) is 18.4. The van der Waals surface area contributed by atoms with Crippen molar-refractivity contribution < 1.29 is 35.9 Å². The van der Waals surface area contributed by atoms with Crippen molar-refractivity contribution in [1.29, 1.82) is 0 Å². The van der Waals surface area contributed by atoms with E-state index in [0.29, 0.717) is 29.1 Å². The van der Waals surface area contributed by atoms with Crippen molar-refractivity contribution >= 4 is 34.7 Å². The van der Waals surface area contributed by atoms with Gasteiger partial charge < -0.3 is 15.4 Å². The van der Waals surface area contributed by atoms with Crippen LogP contribution in [0.2, 0.25) is 5.02 Å². The van der Waals surface area contributed by atoms with Crippen molar-refractivity contribution in [1.82, 2.24) is 0 Å². The van der Waals surface area contributed by atoms with E-state index in [1.54, 1.807) is 19.1 Å². The van der Waals surface area contributed by atoms with Crippen molar-refractivity contribution in [3.8, 4) is 11.5 Å². The lowest BCUT2D eigenvalue weighted by molar-refractivity contribution is -0.143. The largest absolute Gasteiger partial charge is 0.456 e. The molecule has 0 bridgehead atoms. The van der Waals surface area contributed by atoms with Gasteiger partial charge in [0.25, 0.3) is 0 Å². The van der Waals surface area contributed by atoms with Crippen molar-refractivity contribution in [2.75, 3.05) is 10.6 Å².